The van der Waals surface area contributed by atoms with Crippen LogP contribution in [-0.2, 0) is 7.05 Å². The predicted molar refractivity (Wildman–Crippen MR) is 69.6 cm³/mol. The third-order valence-corrected chi connectivity index (χ3v) is 3.78. The van der Waals surface area contributed by atoms with Crippen molar-refractivity contribution >= 4 is 0 Å². The topological polar surface area (TPSA) is 47.1 Å². The summed E-state index contributed by atoms with van der Waals surface area (Å²) < 4.78 is 1.86. The van der Waals surface area contributed by atoms with Gasteiger partial charge in [-0.3, -0.25) is 9.58 Å². The smallest absolute Gasteiger partial charge is 0.0538 e. The van der Waals surface area contributed by atoms with Gasteiger partial charge in [-0.1, -0.05) is 6.42 Å². The minimum atomic E-state index is 0.139. The summed E-state index contributed by atoms with van der Waals surface area (Å²) in [4.78, 5) is 2.55. The molecule has 96 valence electrons. The Labute approximate surface area is 104 Å². The minimum absolute atomic E-state index is 0.139. The summed E-state index contributed by atoms with van der Waals surface area (Å²) in [6.07, 6.45) is 7.96. The zero-order valence-corrected chi connectivity index (χ0v) is 11.1. The fourth-order valence-electron chi connectivity index (χ4n) is 2.92. The predicted octanol–water partition coefficient (Wildman–Crippen LogP) is 1.68. The molecule has 3 atom stereocenters. The van der Waals surface area contributed by atoms with Crippen LogP contribution in [0.1, 0.15) is 44.7 Å². The number of likely N-dealkylation sites (tertiary alicyclic amines) is 1. The van der Waals surface area contributed by atoms with Crippen molar-refractivity contribution in [3.05, 3.63) is 18.0 Å². The molecule has 1 fully saturated rings. The molecular formula is C13H24N4. The van der Waals surface area contributed by atoms with E-state index in [1.54, 1.807) is 0 Å². The highest BCUT2D eigenvalue weighted by Gasteiger charge is 2.30. The van der Waals surface area contributed by atoms with Crippen LogP contribution in [0, 0.1) is 0 Å². The number of rotatable bonds is 3. The third kappa shape index (κ3) is 2.69. The molecule has 2 N–H and O–H groups in total. The van der Waals surface area contributed by atoms with Gasteiger partial charge in [0.05, 0.1) is 12.2 Å². The lowest BCUT2D eigenvalue weighted by atomic mass is 9.95. The van der Waals surface area contributed by atoms with Crippen LogP contribution in [0.25, 0.3) is 0 Å². The van der Waals surface area contributed by atoms with Gasteiger partial charge in [0, 0.05) is 30.9 Å². The highest BCUT2D eigenvalue weighted by atomic mass is 15.3. The van der Waals surface area contributed by atoms with Crippen molar-refractivity contribution in [2.75, 3.05) is 6.54 Å². The van der Waals surface area contributed by atoms with Crippen molar-refractivity contribution < 1.29 is 0 Å². The lowest BCUT2D eigenvalue weighted by Crippen LogP contribution is -2.46. The molecule has 1 aromatic heterocycles. The fourth-order valence-corrected chi connectivity index (χ4v) is 2.92. The average Bonchev–Trinajstić information content (AvgIpc) is 2.68. The molecule has 3 unspecified atom stereocenters. The van der Waals surface area contributed by atoms with Gasteiger partial charge in [-0.05, 0) is 33.2 Å². The Morgan fingerprint density at radius 1 is 1.47 bits per heavy atom. The van der Waals surface area contributed by atoms with E-state index < -0.39 is 0 Å². The number of piperidine rings is 1. The van der Waals surface area contributed by atoms with Gasteiger partial charge < -0.3 is 5.73 Å². The average molecular weight is 236 g/mol. The number of aryl methyl sites for hydroxylation is 1. The molecule has 0 saturated carbocycles. The Morgan fingerprint density at radius 2 is 2.24 bits per heavy atom. The SMILES string of the molecule is CC(N)C(c1cnn(C)c1)N1CCCCC1C. The van der Waals surface area contributed by atoms with Gasteiger partial charge in [0.2, 0.25) is 0 Å². The zero-order valence-electron chi connectivity index (χ0n) is 11.1. The molecule has 1 aliphatic heterocycles. The maximum Gasteiger partial charge on any atom is 0.0538 e. The number of nitrogens with zero attached hydrogens (tertiary/aromatic N) is 3. The van der Waals surface area contributed by atoms with E-state index in [1.165, 1.54) is 24.8 Å². The van der Waals surface area contributed by atoms with Crippen LogP contribution < -0.4 is 5.73 Å². The molecule has 0 aliphatic carbocycles. The third-order valence-electron chi connectivity index (χ3n) is 3.78. The lowest BCUT2D eigenvalue weighted by molar-refractivity contribution is 0.0923. The lowest BCUT2D eigenvalue weighted by Gasteiger charge is -2.41. The zero-order chi connectivity index (χ0) is 12.4. The van der Waals surface area contributed by atoms with Crippen molar-refractivity contribution in [2.24, 2.45) is 12.8 Å². The molecule has 4 nitrogen and oxygen atoms in total. The molecule has 2 heterocycles. The van der Waals surface area contributed by atoms with Crippen LogP contribution in [-0.4, -0.2) is 33.3 Å². The first-order chi connectivity index (χ1) is 8.09. The number of nitrogens with two attached hydrogens (primary N) is 1. The summed E-state index contributed by atoms with van der Waals surface area (Å²) in [7, 11) is 1.96. The number of aromatic nitrogens is 2. The van der Waals surface area contributed by atoms with E-state index in [0.29, 0.717) is 12.1 Å². The largest absolute Gasteiger partial charge is 0.326 e. The number of hydrogen-bond acceptors (Lipinski definition) is 3. The quantitative estimate of drug-likeness (QED) is 0.868. The molecule has 0 bridgehead atoms. The van der Waals surface area contributed by atoms with Crippen LogP contribution in [0.15, 0.2) is 12.4 Å². The van der Waals surface area contributed by atoms with E-state index in [0.717, 1.165) is 6.54 Å². The Hall–Kier alpha value is -0.870. The normalized spacial score (nSPS) is 25.8. The van der Waals surface area contributed by atoms with Gasteiger partial charge in [0.1, 0.15) is 0 Å². The molecular weight excluding hydrogens is 212 g/mol. The van der Waals surface area contributed by atoms with Gasteiger partial charge in [-0.25, -0.2) is 0 Å². The van der Waals surface area contributed by atoms with E-state index in [-0.39, 0.29) is 6.04 Å². The summed E-state index contributed by atoms with van der Waals surface area (Å²) >= 11 is 0. The first kappa shape index (κ1) is 12.6. The molecule has 1 aliphatic rings. The van der Waals surface area contributed by atoms with Gasteiger partial charge in [-0.2, -0.15) is 5.10 Å². The molecule has 0 aromatic carbocycles. The van der Waals surface area contributed by atoms with Crippen LogP contribution in [0.3, 0.4) is 0 Å². The Balaban J connectivity index is 2.22. The Morgan fingerprint density at radius 3 is 2.76 bits per heavy atom. The van der Waals surface area contributed by atoms with Crippen molar-refractivity contribution in [3.8, 4) is 0 Å². The molecule has 1 saturated heterocycles. The van der Waals surface area contributed by atoms with Crippen molar-refractivity contribution in [2.45, 2.75) is 51.2 Å². The fraction of sp³-hybridized carbons (Fsp3) is 0.769. The monoisotopic (exact) mass is 236 g/mol. The van der Waals surface area contributed by atoms with Gasteiger partial charge >= 0.3 is 0 Å². The second kappa shape index (κ2) is 5.19. The van der Waals surface area contributed by atoms with Crippen LogP contribution in [0.5, 0.6) is 0 Å². The highest BCUT2D eigenvalue weighted by molar-refractivity contribution is 5.13. The standard InChI is InChI=1S/C13H24N4/c1-10-6-4-5-7-17(10)13(11(2)14)12-8-15-16(3)9-12/h8-11,13H,4-7,14H2,1-3H3. The summed E-state index contributed by atoms with van der Waals surface area (Å²) in [5, 5.41) is 4.27. The van der Waals surface area contributed by atoms with Crippen LogP contribution in [0.4, 0.5) is 0 Å². The second-order valence-corrected chi connectivity index (χ2v) is 5.33. The summed E-state index contributed by atoms with van der Waals surface area (Å²) in [6.45, 7) is 5.56. The van der Waals surface area contributed by atoms with E-state index in [9.17, 15) is 0 Å². The first-order valence-corrected chi connectivity index (χ1v) is 6.59. The van der Waals surface area contributed by atoms with E-state index >= 15 is 0 Å². The van der Waals surface area contributed by atoms with Gasteiger partial charge in [0.25, 0.3) is 0 Å². The van der Waals surface area contributed by atoms with Gasteiger partial charge in [0.15, 0.2) is 0 Å². The second-order valence-electron chi connectivity index (χ2n) is 5.33. The molecule has 0 amide bonds. The highest BCUT2D eigenvalue weighted by Crippen LogP contribution is 2.30. The van der Waals surface area contributed by atoms with Crippen LogP contribution >= 0.6 is 0 Å². The summed E-state index contributed by atoms with van der Waals surface area (Å²) in [5.74, 6) is 0. The van der Waals surface area contributed by atoms with E-state index in [2.05, 4.69) is 30.0 Å². The molecule has 17 heavy (non-hydrogen) atoms. The molecule has 0 spiro atoms. The van der Waals surface area contributed by atoms with Crippen LogP contribution in [0.2, 0.25) is 0 Å². The Bertz CT molecular complexity index is 358. The number of hydrogen-bond donors (Lipinski definition) is 1. The molecule has 4 heteroatoms. The van der Waals surface area contributed by atoms with E-state index in [4.69, 9.17) is 5.73 Å². The van der Waals surface area contributed by atoms with E-state index in [1.807, 2.05) is 17.9 Å². The van der Waals surface area contributed by atoms with Gasteiger partial charge in [-0.15, -0.1) is 0 Å². The van der Waals surface area contributed by atoms with Crippen molar-refractivity contribution in [1.82, 2.24) is 14.7 Å². The van der Waals surface area contributed by atoms with Crippen molar-refractivity contribution in [1.29, 1.82) is 0 Å². The molecule has 2 rings (SSSR count). The maximum atomic E-state index is 6.19. The minimum Gasteiger partial charge on any atom is -0.326 e. The van der Waals surface area contributed by atoms with Crippen molar-refractivity contribution in [3.63, 3.8) is 0 Å². The Kier molecular flexibility index (Phi) is 3.84. The summed E-state index contributed by atoms with van der Waals surface area (Å²) in [5.41, 5.74) is 7.44. The summed E-state index contributed by atoms with van der Waals surface area (Å²) in [6, 6.07) is 1.07. The first-order valence-electron chi connectivity index (χ1n) is 6.59. The molecule has 0 radical (unpaired) electrons. The maximum absolute atomic E-state index is 6.19. The molecule has 1 aromatic rings.